The second kappa shape index (κ2) is 11.3. The number of anilines is 2. The van der Waals surface area contributed by atoms with Crippen molar-refractivity contribution in [1.82, 2.24) is 4.98 Å². The predicted octanol–water partition coefficient (Wildman–Crippen LogP) is 8.32. The number of fused-ring (bicyclic) bond motifs is 1. The van der Waals surface area contributed by atoms with Crippen LogP contribution >= 0.6 is 23.2 Å². The summed E-state index contributed by atoms with van der Waals surface area (Å²) in [6.07, 6.45) is -1.87. The van der Waals surface area contributed by atoms with Crippen molar-refractivity contribution in [3.8, 4) is 11.1 Å². The van der Waals surface area contributed by atoms with E-state index in [9.17, 15) is 18.0 Å². The zero-order chi connectivity index (χ0) is 27.6. The minimum absolute atomic E-state index is 0.00618. The summed E-state index contributed by atoms with van der Waals surface area (Å²) in [7, 11) is 0. The van der Waals surface area contributed by atoms with Crippen LogP contribution in [0.1, 0.15) is 33.5 Å². The Balaban J connectivity index is 1.39. The Morgan fingerprint density at radius 2 is 1.74 bits per heavy atom. The molecule has 0 saturated carbocycles. The van der Waals surface area contributed by atoms with Crippen LogP contribution in [0.4, 0.5) is 24.7 Å². The maximum absolute atomic E-state index is 13.7. The van der Waals surface area contributed by atoms with Crippen molar-refractivity contribution in [2.75, 3.05) is 23.3 Å². The molecule has 0 bridgehead atoms. The first-order valence-corrected chi connectivity index (χ1v) is 13.2. The van der Waals surface area contributed by atoms with Crippen LogP contribution in [0, 0.1) is 0 Å². The molecule has 3 aromatic carbocycles. The van der Waals surface area contributed by atoms with Gasteiger partial charge in [0.05, 0.1) is 11.3 Å². The minimum Gasteiger partial charge on any atom is -0.367 e. The average molecular weight is 570 g/mol. The third kappa shape index (κ3) is 6.37. The Morgan fingerprint density at radius 3 is 2.54 bits per heavy atom. The molecule has 1 aromatic heterocycles. The molecule has 0 fully saturated rings. The summed E-state index contributed by atoms with van der Waals surface area (Å²) in [6, 6.07) is 20.3. The number of alkyl halides is 3. The number of nitrogens with one attached hydrogen (secondary N) is 1. The molecular formula is C30H24Cl2F3N3O. The molecule has 5 rings (SSSR count). The number of halogens is 5. The molecule has 1 N–H and O–H groups in total. The molecule has 4 aromatic rings. The predicted molar refractivity (Wildman–Crippen MR) is 150 cm³/mol. The van der Waals surface area contributed by atoms with Crippen molar-refractivity contribution in [2.45, 2.75) is 25.6 Å². The van der Waals surface area contributed by atoms with Gasteiger partial charge in [-0.3, -0.25) is 4.79 Å². The standard InChI is InChI=1S/C30H24Cl2F3N3O/c31-24-6-1-3-19(13-24)7-10-28(39)21-5-2-4-20(14-21)22-16-27-29(37-17-22)36-11-12-38(27)18-23-15-25(32)8-9-26(23)30(33,34)35/h1-6,8-9,13-17H,7,10-12,18H2,(H,36,37). The number of benzene rings is 3. The molecule has 1 aliphatic rings. The molecule has 0 unspecified atom stereocenters. The first-order chi connectivity index (χ1) is 18.7. The van der Waals surface area contributed by atoms with Gasteiger partial charge < -0.3 is 10.2 Å². The van der Waals surface area contributed by atoms with Crippen molar-refractivity contribution in [3.05, 3.63) is 111 Å². The van der Waals surface area contributed by atoms with Crippen molar-refractivity contribution in [1.29, 1.82) is 0 Å². The average Bonchev–Trinajstić information content (AvgIpc) is 2.91. The molecule has 0 amide bonds. The Bertz CT molecular complexity index is 1520. The van der Waals surface area contributed by atoms with E-state index in [0.717, 1.165) is 22.8 Å². The Hall–Kier alpha value is -3.55. The summed E-state index contributed by atoms with van der Waals surface area (Å²) in [5, 5.41) is 4.10. The van der Waals surface area contributed by atoms with E-state index in [2.05, 4.69) is 10.3 Å². The number of ketones is 1. The largest absolute Gasteiger partial charge is 0.416 e. The molecule has 4 nitrogen and oxygen atoms in total. The van der Waals surface area contributed by atoms with Crippen LogP contribution in [-0.2, 0) is 19.1 Å². The third-order valence-electron chi connectivity index (χ3n) is 6.66. The Labute approximate surface area is 234 Å². The monoisotopic (exact) mass is 569 g/mol. The van der Waals surface area contributed by atoms with Crippen molar-refractivity contribution >= 4 is 40.5 Å². The smallest absolute Gasteiger partial charge is 0.367 e. The summed E-state index contributed by atoms with van der Waals surface area (Å²) in [5.41, 5.74) is 3.20. The fourth-order valence-corrected chi connectivity index (χ4v) is 5.13. The molecule has 39 heavy (non-hydrogen) atoms. The highest BCUT2D eigenvalue weighted by Gasteiger charge is 2.34. The number of Topliss-reactive ketones (excluding diaryl/α,β-unsaturated/α-hetero) is 1. The normalized spacial score (nSPS) is 13.1. The number of hydrogen-bond donors (Lipinski definition) is 1. The lowest BCUT2D eigenvalue weighted by atomic mass is 9.98. The van der Waals surface area contributed by atoms with Gasteiger partial charge in [-0.1, -0.05) is 53.5 Å². The van der Waals surface area contributed by atoms with Gasteiger partial charge in [0.2, 0.25) is 0 Å². The van der Waals surface area contributed by atoms with Gasteiger partial charge in [0.15, 0.2) is 5.78 Å². The van der Waals surface area contributed by atoms with Crippen LogP contribution in [-0.4, -0.2) is 23.9 Å². The van der Waals surface area contributed by atoms with Crippen molar-refractivity contribution < 1.29 is 18.0 Å². The molecule has 1 aliphatic heterocycles. The van der Waals surface area contributed by atoms with E-state index in [-0.39, 0.29) is 22.9 Å². The van der Waals surface area contributed by atoms with E-state index in [1.54, 1.807) is 18.3 Å². The number of carbonyl (C=O) groups excluding carboxylic acids is 1. The number of carbonyl (C=O) groups is 1. The molecule has 9 heteroatoms. The van der Waals surface area contributed by atoms with Crippen molar-refractivity contribution in [3.63, 3.8) is 0 Å². The van der Waals surface area contributed by atoms with Gasteiger partial charge in [-0.15, -0.1) is 0 Å². The molecule has 0 aliphatic carbocycles. The van der Waals surface area contributed by atoms with E-state index in [4.69, 9.17) is 23.2 Å². The van der Waals surface area contributed by atoms with Crippen LogP contribution in [0.2, 0.25) is 10.0 Å². The van der Waals surface area contributed by atoms with Crippen LogP contribution in [0.25, 0.3) is 11.1 Å². The molecule has 200 valence electrons. The molecular weight excluding hydrogens is 546 g/mol. The van der Waals surface area contributed by atoms with E-state index in [1.807, 2.05) is 47.4 Å². The summed E-state index contributed by atoms with van der Waals surface area (Å²) in [5.74, 6) is 0.598. The van der Waals surface area contributed by atoms with Crippen molar-refractivity contribution in [2.24, 2.45) is 0 Å². The quantitative estimate of drug-likeness (QED) is 0.227. The van der Waals surface area contributed by atoms with E-state index >= 15 is 0 Å². The Morgan fingerprint density at radius 1 is 0.949 bits per heavy atom. The maximum Gasteiger partial charge on any atom is 0.416 e. The zero-order valence-electron chi connectivity index (χ0n) is 20.7. The van der Waals surface area contributed by atoms with Crippen LogP contribution in [0.15, 0.2) is 79.0 Å². The lowest BCUT2D eigenvalue weighted by Gasteiger charge is -2.32. The number of aromatic nitrogens is 1. The van der Waals surface area contributed by atoms with E-state index in [1.165, 1.54) is 12.1 Å². The van der Waals surface area contributed by atoms with E-state index in [0.29, 0.717) is 48.0 Å². The second-order valence-corrected chi connectivity index (χ2v) is 10.2. The first kappa shape index (κ1) is 27.0. The van der Waals surface area contributed by atoms with Gasteiger partial charge in [0.25, 0.3) is 0 Å². The summed E-state index contributed by atoms with van der Waals surface area (Å²) in [4.78, 5) is 19.3. The Kier molecular flexibility index (Phi) is 7.82. The van der Waals surface area contributed by atoms with E-state index < -0.39 is 11.7 Å². The van der Waals surface area contributed by atoms with Crippen LogP contribution < -0.4 is 10.2 Å². The number of aryl methyl sites for hydroxylation is 1. The lowest BCUT2D eigenvalue weighted by Crippen LogP contribution is -2.34. The van der Waals surface area contributed by atoms with Gasteiger partial charge in [-0.25, -0.2) is 4.98 Å². The fraction of sp³-hybridized carbons (Fsp3) is 0.200. The summed E-state index contributed by atoms with van der Waals surface area (Å²) >= 11 is 12.1. The van der Waals surface area contributed by atoms with Gasteiger partial charge in [-0.2, -0.15) is 13.2 Å². The molecule has 0 atom stereocenters. The number of hydrogen-bond acceptors (Lipinski definition) is 4. The summed E-state index contributed by atoms with van der Waals surface area (Å²) in [6.45, 7) is 1.05. The fourth-order valence-electron chi connectivity index (χ4n) is 4.72. The second-order valence-electron chi connectivity index (χ2n) is 9.37. The highest BCUT2D eigenvalue weighted by Crippen LogP contribution is 2.37. The highest BCUT2D eigenvalue weighted by atomic mass is 35.5. The molecule has 0 radical (unpaired) electrons. The summed E-state index contributed by atoms with van der Waals surface area (Å²) < 4.78 is 41.0. The van der Waals surface area contributed by atoms with Gasteiger partial charge in [0, 0.05) is 53.4 Å². The van der Waals surface area contributed by atoms with Gasteiger partial charge in [0.1, 0.15) is 5.82 Å². The number of pyridine rings is 1. The SMILES string of the molecule is O=C(CCc1cccc(Cl)c1)c1cccc(-c2cnc3c(c2)N(Cc2cc(Cl)ccc2C(F)(F)F)CCN3)c1. The highest BCUT2D eigenvalue weighted by molar-refractivity contribution is 6.30. The number of rotatable bonds is 7. The molecule has 0 spiro atoms. The van der Waals surface area contributed by atoms with Crippen LogP contribution in [0.3, 0.4) is 0 Å². The van der Waals surface area contributed by atoms with Gasteiger partial charge in [-0.05, 0) is 65.6 Å². The third-order valence-corrected chi connectivity index (χ3v) is 7.13. The maximum atomic E-state index is 13.7. The lowest BCUT2D eigenvalue weighted by molar-refractivity contribution is -0.138. The first-order valence-electron chi connectivity index (χ1n) is 12.4. The number of nitrogens with zero attached hydrogens (tertiary/aromatic N) is 2. The van der Waals surface area contributed by atoms with Gasteiger partial charge >= 0.3 is 6.18 Å². The topological polar surface area (TPSA) is 45.2 Å². The molecule has 0 saturated heterocycles. The molecule has 2 heterocycles. The van der Waals surface area contributed by atoms with Crippen LogP contribution in [0.5, 0.6) is 0 Å². The zero-order valence-corrected chi connectivity index (χ0v) is 22.2. The minimum atomic E-state index is -4.49.